The first kappa shape index (κ1) is 23.2. The van der Waals surface area contributed by atoms with Gasteiger partial charge in [-0.25, -0.2) is 0 Å². The average molecular weight is 433 g/mol. The molecule has 9 nitrogen and oxygen atoms in total. The molecule has 0 aromatic carbocycles. The molecule has 1 saturated carbocycles. The lowest BCUT2D eigenvalue weighted by Gasteiger charge is -2.43. The molecule has 2 heterocycles. The Morgan fingerprint density at radius 1 is 1.23 bits per heavy atom. The summed E-state index contributed by atoms with van der Waals surface area (Å²) in [5.74, 6) is -0.726. The van der Waals surface area contributed by atoms with Crippen molar-refractivity contribution < 1.29 is 14.4 Å². The lowest BCUT2D eigenvalue weighted by molar-refractivity contribution is -0.133. The van der Waals surface area contributed by atoms with E-state index in [2.05, 4.69) is 34.5 Å². The summed E-state index contributed by atoms with van der Waals surface area (Å²) >= 11 is 0. The third-order valence-electron chi connectivity index (χ3n) is 6.63. The van der Waals surface area contributed by atoms with Crippen LogP contribution in [-0.4, -0.2) is 81.6 Å². The van der Waals surface area contributed by atoms with E-state index in [0.717, 1.165) is 45.3 Å². The Bertz CT molecular complexity index is 812. The molecule has 0 unspecified atom stereocenters. The van der Waals surface area contributed by atoms with Gasteiger partial charge in [-0.1, -0.05) is 26.7 Å². The number of fused-ring (bicyclic) bond motifs is 1. The van der Waals surface area contributed by atoms with Gasteiger partial charge in [0.15, 0.2) is 5.69 Å². The van der Waals surface area contributed by atoms with Gasteiger partial charge in [-0.3, -0.25) is 19.1 Å². The van der Waals surface area contributed by atoms with Crippen molar-refractivity contribution in [3.05, 3.63) is 17.5 Å². The van der Waals surface area contributed by atoms with Crippen molar-refractivity contribution in [2.75, 3.05) is 32.7 Å². The molecule has 31 heavy (non-hydrogen) atoms. The Balaban J connectivity index is 1.74. The second kappa shape index (κ2) is 9.80. The fourth-order valence-corrected chi connectivity index (χ4v) is 4.62. The minimum Gasteiger partial charge on any atom is -0.351 e. The van der Waals surface area contributed by atoms with Gasteiger partial charge in [0.25, 0.3) is 11.8 Å². The Labute approximate surface area is 184 Å². The number of aromatic nitrogens is 2. The molecule has 1 aliphatic carbocycles. The zero-order chi connectivity index (χ0) is 22.6. The van der Waals surface area contributed by atoms with Gasteiger partial charge >= 0.3 is 0 Å². The number of nitrogens with zero attached hydrogens (tertiary/aromatic N) is 4. The molecular formula is C22H36N6O3. The van der Waals surface area contributed by atoms with Gasteiger partial charge in [-0.2, -0.15) is 5.10 Å². The molecule has 0 bridgehead atoms. The monoisotopic (exact) mass is 432 g/mol. The SMILES string of the molecule is CCN(CC)CCNC(=O)c1cc2n(n1)C[C@](C)(C(=O)NC1CCCC1)N(CC)C2=O. The van der Waals surface area contributed by atoms with Crippen LogP contribution in [0.2, 0.25) is 0 Å². The molecule has 0 saturated heterocycles. The Morgan fingerprint density at radius 3 is 2.52 bits per heavy atom. The smallest absolute Gasteiger partial charge is 0.273 e. The van der Waals surface area contributed by atoms with Crippen LogP contribution in [0.25, 0.3) is 0 Å². The number of carbonyl (C=O) groups excluding carboxylic acids is 3. The second-order valence-electron chi connectivity index (χ2n) is 8.63. The van der Waals surface area contributed by atoms with Crippen molar-refractivity contribution in [3.8, 4) is 0 Å². The van der Waals surface area contributed by atoms with E-state index in [4.69, 9.17) is 0 Å². The Kier molecular flexibility index (Phi) is 7.35. The summed E-state index contributed by atoms with van der Waals surface area (Å²) in [6, 6.07) is 1.70. The summed E-state index contributed by atoms with van der Waals surface area (Å²) in [4.78, 5) is 42.7. The number of amides is 3. The lowest BCUT2D eigenvalue weighted by atomic mass is 9.94. The molecule has 1 aromatic heterocycles. The van der Waals surface area contributed by atoms with Crippen molar-refractivity contribution in [1.82, 2.24) is 30.2 Å². The lowest BCUT2D eigenvalue weighted by Crippen LogP contribution is -2.64. The van der Waals surface area contributed by atoms with Crippen LogP contribution in [0.15, 0.2) is 6.07 Å². The minimum atomic E-state index is -1.04. The zero-order valence-corrected chi connectivity index (χ0v) is 19.2. The standard InChI is InChI=1S/C22H36N6O3/c1-5-26(6-2)13-12-23-19(29)17-14-18-20(30)27(7-3)22(4,15-28(18)25-17)21(31)24-16-10-8-9-11-16/h14,16H,5-13,15H2,1-4H3,(H,23,29)(H,24,31)/t22-/m1/s1. The minimum absolute atomic E-state index is 0.152. The first-order chi connectivity index (χ1) is 14.8. The van der Waals surface area contributed by atoms with Gasteiger partial charge < -0.3 is 20.4 Å². The van der Waals surface area contributed by atoms with E-state index in [1.807, 2.05) is 6.92 Å². The highest BCUT2D eigenvalue weighted by molar-refractivity contribution is 6.01. The van der Waals surface area contributed by atoms with Gasteiger partial charge in [-0.05, 0) is 39.8 Å². The van der Waals surface area contributed by atoms with E-state index in [-0.39, 0.29) is 36.0 Å². The van der Waals surface area contributed by atoms with Crippen LogP contribution in [0.3, 0.4) is 0 Å². The van der Waals surface area contributed by atoms with E-state index >= 15 is 0 Å². The summed E-state index contributed by atoms with van der Waals surface area (Å²) in [6.45, 7) is 11.6. The van der Waals surface area contributed by atoms with E-state index < -0.39 is 5.54 Å². The van der Waals surface area contributed by atoms with E-state index in [9.17, 15) is 14.4 Å². The van der Waals surface area contributed by atoms with E-state index in [1.165, 1.54) is 10.7 Å². The van der Waals surface area contributed by atoms with Crippen LogP contribution in [0.5, 0.6) is 0 Å². The number of hydrogen-bond acceptors (Lipinski definition) is 5. The molecule has 9 heteroatoms. The fourth-order valence-electron chi connectivity index (χ4n) is 4.62. The van der Waals surface area contributed by atoms with Crippen molar-refractivity contribution in [3.63, 3.8) is 0 Å². The summed E-state index contributed by atoms with van der Waals surface area (Å²) in [5, 5.41) is 10.4. The quantitative estimate of drug-likeness (QED) is 0.612. The summed E-state index contributed by atoms with van der Waals surface area (Å²) in [6.07, 6.45) is 4.20. The number of rotatable bonds is 9. The highest BCUT2D eigenvalue weighted by Crippen LogP contribution is 2.28. The summed E-state index contributed by atoms with van der Waals surface area (Å²) < 4.78 is 1.52. The number of likely N-dealkylation sites (N-methyl/N-ethyl adjacent to an activating group) is 2. The predicted octanol–water partition coefficient (Wildman–Crippen LogP) is 1.25. The average Bonchev–Trinajstić information content (AvgIpc) is 3.41. The third-order valence-corrected chi connectivity index (χ3v) is 6.63. The maximum absolute atomic E-state index is 13.2. The second-order valence-corrected chi connectivity index (χ2v) is 8.63. The molecule has 2 N–H and O–H groups in total. The highest BCUT2D eigenvalue weighted by Gasteiger charge is 2.48. The van der Waals surface area contributed by atoms with E-state index in [0.29, 0.717) is 18.8 Å². The molecule has 1 fully saturated rings. The maximum Gasteiger partial charge on any atom is 0.273 e. The number of hydrogen-bond donors (Lipinski definition) is 2. The molecule has 0 spiro atoms. The molecule has 3 amide bonds. The van der Waals surface area contributed by atoms with Gasteiger partial charge in [0.1, 0.15) is 11.2 Å². The van der Waals surface area contributed by atoms with Crippen LogP contribution in [0.4, 0.5) is 0 Å². The van der Waals surface area contributed by atoms with Gasteiger partial charge in [0.2, 0.25) is 5.91 Å². The van der Waals surface area contributed by atoms with Gasteiger partial charge in [0, 0.05) is 31.7 Å². The number of nitrogens with one attached hydrogen (secondary N) is 2. The molecule has 0 radical (unpaired) electrons. The molecule has 1 aliphatic heterocycles. The third kappa shape index (κ3) is 4.76. The molecule has 172 valence electrons. The normalized spacial score (nSPS) is 21.5. The van der Waals surface area contributed by atoms with Crippen LogP contribution in [0.1, 0.15) is 74.4 Å². The molecular weight excluding hydrogens is 396 g/mol. The highest BCUT2D eigenvalue weighted by atomic mass is 16.2. The molecule has 2 aliphatic rings. The first-order valence-electron chi connectivity index (χ1n) is 11.5. The van der Waals surface area contributed by atoms with Crippen molar-refractivity contribution >= 4 is 17.7 Å². The largest absolute Gasteiger partial charge is 0.351 e. The zero-order valence-electron chi connectivity index (χ0n) is 19.2. The van der Waals surface area contributed by atoms with Gasteiger partial charge in [-0.15, -0.1) is 0 Å². The number of carbonyl (C=O) groups is 3. The van der Waals surface area contributed by atoms with Crippen LogP contribution < -0.4 is 10.6 Å². The topological polar surface area (TPSA) is 99.6 Å². The van der Waals surface area contributed by atoms with Crippen LogP contribution in [0, 0.1) is 0 Å². The maximum atomic E-state index is 13.2. The van der Waals surface area contributed by atoms with Crippen LogP contribution in [-0.2, 0) is 11.3 Å². The molecule has 1 aromatic rings. The Hall–Kier alpha value is -2.42. The Morgan fingerprint density at radius 2 is 1.90 bits per heavy atom. The summed E-state index contributed by atoms with van der Waals surface area (Å²) in [7, 11) is 0. The van der Waals surface area contributed by atoms with E-state index in [1.54, 1.807) is 11.8 Å². The van der Waals surface area contributed by atoms with Gasteiger partial charge in [0.05, 0.1) is 6.54 Å². The van der Waals surface area contributed by atoms with Crippen molar-refractivity contribution in [1.29, 1.82) is 0 Å². The molecule has 1 atom stereocenters. The fraction of sp³-hybridized carbons (Fsp3) is 0.727. The van der Waals surface area contributed by atoms with Crippen molar-refractivity contribution in [2.24, 2.45) is 0 Å². The predicted molar refractivity (Wildman–Crippen MR) is 118 cm³/mol. The van der Waals surface area contributed by atoms with Crippen molar-refractivity contribution in [2.45, 2.75) is 71.5 Å². The molecule has 3 rings (SSSR count). The first-order valence-corrected chi connectivity index (χ1v) is 11.5. The van der Waals surface area contributed by atoms with Crippen LogP contribution >= 0.6 is 0 Å². The summed E-state index contributed by atoms with van der Waals surface area (Å²) in [5.41, 5.74) is -0.481.